The first-order chi connectivity index (χ1) is 4.74. The van der Waals surface area contributed by atoms with Gasteiger partial charge in [-0.3, -0.25) is 0 Å². The summed E-state index contributed by atoms with van der Waals surface area (Å²) in [6.07, 6.45) is 1.45. The second-order valence-corrected chi connectivity index (χ2v) is 2.23. The molecule has 0 atom stereocenters. The van der Waals surface area contributed by atoms with E-state index in [0.717, 1.165) is 0 Å². The molecule has 0 fully saturated rings. The van der Waals surface area contributed by atoms with Crippen LogP contribution < -0.4 is 5.46 Å². The van der Waals surface area contributed by atoms with E-state index < -0.39 is 0 Å². The molecule has 0 bridgehead atoms. The van der Waals surface area contributed by atoms with Crippen LogP contribution in [-0.2, 0) is 6.61 Å². The van der Waals surface area contributed by atoms with Crippen LogP contribution in [0.4, 0.5) is 0 Å². The second kappa shape index (κ2) is 3.04. The molecular formula is C6H5BClNO. The molecular weight excluding hydrogens is 148 g/mol. The zero-order chi connectivity index (χ0) is 7.56. The lowest BCUT2D eigenvalue weighted by Crippen LogP contribution is -2.05. The number of pyridine rings is 1. The third-order valence-corrected chi connectivity index (χ3v) is 1.44. The first-order valence-electron chi connectivity index (χ1n) is 2.75. The van der Waals surface area contributed by atoms with Gasteiger partial charge >= 0.3 is 0 Å². The van der Waals surface area contributed by atoms with Crippen LogP contribution >= 0.6 is 11.6 Å². The molecule has 1 aromatic heterocycles. The van der Waals surface area contributed by atoms with Crippen LogP contribution in [0.2, 0.25) is 5.15 Å². The van der Waals surface area contributed by atoms with Gasteiger partial charge in [0.2, 0.25) is 0 Å². The number of aliphatic hydroxyl groups excluding tert-OH is 1. The van der Waals surface area contributed by atoms with Gasteiger partial charge in [0.1, 0.15) is 13.0 Å². The molecule has 0 saturated carbocycles. The Hall–Kier alpha value is -0.535. The number of aromatic nitrogens is 1. The van der Waals surface area contributed by atoms with Crippen molar-refractivity contribution in [1.82, 2.24) is 4.98 Å². The smallest absolute Gasteiger partial charge is 0.134 e. The van der Waals surface area contributed by atoms with Gasteiger partial charge in [-0.2, -0.15) is 0 Å². The quantitative estimate of drug-likeness (QED) is 0.456. The van der Waals surface area contributed by atoms with Crippen molar-refractivity contribution in [2.75, 3.05) is 0 Å². The predicted octanol–water partition coefficient (Wildman–Crippen LogP) is 0.0211. The van der Waals surface area contributed by atoms with Crippen molar-refractivity contribution in [3.63, 3.8) is 0 Å². The SMILES string of the molecule is [B]c1cnc(Cl)c(CO)c1. The molecule has 1 aromatic rings. The fraction of sp³-hybridized carbons (Fsp3) is 0.167. The van der Waals surface area contributed by atoms with Gasteiger partial charge in [-0.15, -0.1) is 0 Å². The minimum atomic E-state index is -0.128. The van der Waals surface area contributed by atoms with Crippen LogP contribution in [0.25, 0.3) is 0 Å². The summed E-state index contributed by atoms with van der Waals surface area (Å²) in [4.78, 5) is 3.73. The molecule has 1 heterocycles. The van der Waals surface area contributed by atoms with Crippen molar-refractivity contribution < 1.29 is 5.11 Å². The van der Waals surface area contributed by atoms with E-state index in [1.807, 2.05) is 0 Å². The molecule has 0 spiro atoms. The van der Waals surface area contributed by atoms with E-state index >= 15 is 0 Å². The molecule has 0 aliphatic heterocycles. The van der Waals surface area contributed by atoms with Gasteiger partial charge in [0.05, 0.1) is 6.61 Å². The van der Waals surface area contributed by atoms with Crippen molar-refractivity contribution in [2.24, 2.45) is 0 Å². The zero-order valence-electron chi connectivity index (χ0n) is 5.21. The summed E-state index contributed by atoms with van der Waals surface area (Å²) in [6.45, 7) is -0.128. The molecule has 0 saturated heterocycles. The molecule has 4 heteroatoms. The number of hydrogen-bond donors (Lipinski definition) is 1. The summed E-state index contributed by atoms with van der Waals surface area (Å²) in [5, 5.41) is 8.97. The van der Waals surface area contributed by atoms with E-state index in [1.165, 1.54) is 6.20 Å². The average Bonchev–Trinajstić information content (AvgIpc) is 1.94. The maximum absolute atomic E-state index is 8.66. The fourth-order valence-corrected chi connectivity index (χ4v) is 0.786. The topological polar surface area (TPSA) is 33.1 Å². The Morgan fingerprint density at radius 1 is 1.70 bits per heavy atom. The molecule has 0 unspecified atom stereocenters. The summed E-state index contributed by atoms with van der Waals surface area (Å²) in [6, 6.07) is 1.59. The third-order valence-electron chi connectivity index (χ3n) is 1.10. The summed E-state index contributed by atoms with van der Waals surface area (Å²) in [5.74, 6) is 0. The Kier molecular flexibility index (Phi) is 2.30. The van der Waals surface area contributed by atoms with Crippen molar-refractivity contribution >= 4 is 24.9 Å². The molecule has 2 radical (unpaired) electrons. The van der Waals surface area contributed by atoms with Gasteiger partial charge in [0.15, 0.2) is 0 Å². The minimum Gasteiger partial charge on any atom is -0.392 e. The highest BCUT2D eigenvalue weighted by Crippen LogP contribution is 2.08. The third kappa shape index (κ3) is 1.49. The Balaban J connectivity index is 3.09. The standard InChI is InChI=1S/C6H5BClNO/c7-5-1-4(3-10)6(8)9-2-5/h1-2,10H,3H2. The summed E-state index contributed by atoms with van der Waals surface area (Å²) in [5.41, 5.74) is 1.06. The Bertz CT molecular complexity index is 241. The summed E-state index contributed by atoms with van der Waals surface area (Å²) in [7, 11) is 5.37. The van der Waals surface area contributed by atoms with E-state index in [2.05, 4.69) is 4.98 Å². The number of rotatable bonds is 1. The molecule has 10 heavy (non-hydrogen) atoms. The van der Waals surface area contributed by atoms with Gasteiger partial charge in [-0.25, -0.2) is 4.98 Å². The Morgan fingerprint density at radius 2 is 2.40 bits per heavy atom. The van der Waals surface area contributed by atoms with Crippen LogP contribution in [0.5, 0.6) is 0 Å². The second-order valence-electron chi connectivity index (χ2n) is 1.88. The summed E-state index contributed by atoms with van der Waals surface area (Å²) < 4.78 is 0. The Labute approximate surface area is 65.3 Å². The largest absolute Gasteiger partial charge is 0.392 e. The van der Waals surface area contributed by atoms with Crippen LogP contribution in [0.15, 0.2) is 12.3 Å². The van der Waals surface area contributed by atoms with Crippen LogP contribution in [0.1, 0.15) is 5.56 Å². The molecule has 0 aliphatic rings. The van der Waals surface area contributed by atoms with Crippen LogP contribution in [0.3, 0.4) is 0 Å². The monoisotopic (exact) mass is 153 g/mol. The lowest BCUT2D eigenvalue weighted by Gasteiger charge is -1.99. The lowest BCUT2D eigenvalue weighted by atomic mass is 9.97. The molecule has 0 aromatic carbocycles. The van der Waals surface area contributed by atoms with E-state index in [1.54, 1.807) is 6.07 Å². The zero-order valence-corrected chi connectivity index (χ0v) is 5.97. The summed E-state index contributed by atoms with van der Waals surface area (Å²) >= 11 is 5.57. The minimum absolute atomic E-state index is 0.128. The first kappa shape index (κ1) is 7.57. The molecule has 50 valence electrons. The molecule has 0 amide bonds. The highest BCUT2D eigenvalue weighted by molar-refractivity contribution is 6.33. The van der Waals surface area contributed by atoms with Crippen molar-refractivity contribution in [1.29, 1.82) is 0 Å². The van der Waals surface area contributed by atoms with Gasteiger partial charge in [-0.05, 0) is 0 Å². The van der Waals surface area contributed by atoms with Crippen molar-refractivity contribution in [2.45, 2.75) is 6.61 Å². The van der Waals surface area contributed by atoms with Crippen LogP contribution in [-0.4, -0.2) is 17.9 Å². The average molecular weight is 153 g/mol. The van der Waals surface area contributed by atoms with E-state index in [4.69, 9.17) is 24.6 Å². The number of nitrogens with zero attached hydrogens (tertiary/aromatic N) is 1. The van der Waals surface area contributed by atoms with Gasteiger partial charge in [0, 0.05) is 11.8 Å². The lowest BCUT2D eigenvalue weighted by molar-refractivity contribution is 0.281. The number of halogens is 1. The first-order valence-corrected chi connectivity index (χ1v) is 3.12. The molecule has 0 aliphatic carbocycles. The van der Waals surface area contributed by atoms with Gasteiger partial charge < -0.3 is 5.11 Å². The van der Waals surface area contributed by atoms with Crippen molar-refractivity contribution in [3.05, 3.63) is 23.0 Å². The van der Waals surface area contributed by atoms with Crippen molar-refractivity contribution in [3.8, 4) is 0 Å². The van der Waals surface area contributed by atoms with E-state index in [0.29, 0.717) is 16.2 Å². The van der Waals surface area contributed by atoms with E-state index in [9.17, 15) is 0 Å². The highest BCUT2D eigenvalue weighted by atomic mass is 35.5. The molecule has 2 nitrogen and oxygen atoms in total. The van der Waals surface area contributed by atoms with Gasteiger partial charge in [0.25, 0.3) is 0 Å². The Morgan fingerprint density at radius 3 is 2.90 bits per heavy atom. The van der Waals surface area contributed by atoms with E-state index in [-0.39, 0.29) is 6.61 Å². The normalized spacial score (nSPS) is 9.80. The maximum Gasteiger partial charge on any atom is 0.134 e. The molecule has 1 N–H and O–H groups in total. The van der Waals surface area contributed by atoms with Crippen LogP contribution in [0, 0.1) is 0 Å². The van der Waals surface area contributed by atoms with Gasteiger partial charge in [-0.1, -0.05) is 23.1 Å². The maximum atomic E-state index is 8.66. The fourth-order valence-electron chi connectivity index (χ4n) is 0.623. The predicted molar refractivity (Wildman–Crippen MR) is 40.6 cm³/mol. The molecule has 1 rings (SSSR count). The number of aliphatic hydroxyl groups is 1. The number of hydrogen-bond acceptors (Lipinski definition) is 2. The highest BCUT2D eigenvalue weighted by Gasteiger charge is 1.97.